The molecule has 1 heterocycles. The maximum absolute atomic E-state index is 6.30. The van der Waals surface area contributed by atoms with Gasteiger partial charge in [0.15, 0.2) is 5.82 Å². The minimum atomic E-state index is 0.437. The molecule has 0 radical (unpaired) electrons. The van der Waals surface area contributed by atoms with Crippen LogP contribution >= 0.6 is 11.6 Å². The van der Waals surface area contributed by atoms with E-state index < -0.39 is 0 Å². The van der Waals surface area contributed by atoms with Crippen molar-refractivity contribution in [3.63, 3.8) is 0 Å². The van der Waals surface area contributed by atoms with Crippen LogP contribution in [0.3, 0.4) is 0 Å². The molecule has 0 spiro atoms. The Morgan fingerprint density at radius 3 is 1.80 bits per heavy atom. The molecule has 25 heavy (non-hydrogen) atoms. The molecule has 0 aliphatic carbocycles. The fourth-order valence-electron chi connectivity index (χ4n) is 2.85. The van der Waals surface area contributed by atoms with Gasteiger partial charge in [-0.1, -0.05) is 96.5 Å². The van der Waals surface area contributed by atoms with E-state index in [4.69, 9.17) is 16.6 Å². The fourth-order valence-corrected chi connectivity index (χ4v) is 3.03. The van der Waals surface area contributed by atoms with Gasteiger partial charge in [-0.2, -0.15) is 0 Å². The van der Waals surface area contributed by atoms with Gasteiger partial charge in [0.25, 0.3) is 0 Å². The van der Waals surface area contributed by atoms with E-state index in [1.807, 2.05) is 66.7 Å². The predicted octanol–water partition coefficient (Wildman–Crippen LogP) is 6.13. The molecule has 0 saturated carbocycles. The van der Waals surface area contributed by atoms with Gasteiger partial charge in [0.05, 0.1) is 5.69 Å². The number of benzene rings is 3. The molecule has 0 aliphatic heterocycles. The van der Waals surface area contributed by atoms with Crippen molar-refractivity contribution in [3.8, 4) is 33.8 Å². The van der Waals surface area contributed by atoms with Gasteiger partial charge in [0, 0.05) is 17.2 Å². The smallest absolute Gasteiger partial charge is 0.161 e. The molecule has 0 N–H and O–H groups in total. The summed E-state index contributed by atoms with van der Waals surface area (Å²) in [6.07, 6.45) is 0. The second-order valence-corrected chi connectivity index (χ2v) is 6.06. The van der Waals surface area contributed by atoms with Gasteiger partial charge in [-0.25, -0.2) is 9.97 Å². The highest BCUT2D eigenvalue weighted by Gasteiger charge is 2.11. The molecule has 0 aliphatic rings. The van der Waals surface area contributed by atoms with Crippen LogP contribution in [0.25, 0.3) is 33.8 Å². The molecule has 0 unspecified atom stereocenters. The number of rotatable bonds is 3. The first-order valence-corrected chi connectivity index (χ1v) is 8.44. The molecule has 0 saturated heterocycles. The Bertz CT molecular complexity index is 999. The minimum Gasteiger partial charge on any atom is -0.228 e. The number of hydrogen-bond donors (Lipinski definition) is 0. The summed E-state index contributed by atoms with van der Waals surface area (Å²) in [5.41, 5.74) is 5.07. The molecule has 4 aromatic rings. The first kappa shape index (κ1) is 15.6. The lowest BCUT2D eigenvalue weighted by atomic mass is 9.97. The highest BCUT2D eigenvalue weighted by molar-refractivity contribution is 6.29. The molecule has 2 nitrogen and oxygen atoms in total. The zero-order valence-electron chi connectivity index (χ0n) is 13.4. The van der Waals surface area contributed by atoms with Crippen LogP contribution in [-0.2, 0) is 0 Å². The monoisotopic (exact) mass is 342 g/mol. The maximum atomic E-state index is 6.30. The largest absolute Gasteiger partial charge is 0.228 e. The van der Waals surface area contributed by atoms with Crippen molar-refractivity contribution in [2.75, 3.05) is 0 Å². The first-order chi connectivity index (χ1) is 12.3. The van der Waals surface area contributed by atoms with Crippen LogP contribution in [0.15, 0.2) is 91.0 Å². The van der Waals surface area contributed by atoms with Gasteiger partial charge in [-0.05, 0) is 11.1 Å². The van der Waals surface area contributed by atoms with Crippen LogP contribution in [0.1, 0.15) is 0 Å². The molecule has 0 amide bonds. The summed E-state index contributed by atoms with van der Waals surface area (Å²) in [5.74, 6) is 0.631. The predicted molar refractivity (Wildman–Crippen MR) is 103 cm³/mol. The van der Waals surface area contributed by atoms with Crippen molar-refractivity contribution < 1.29 is 0 Å². The van der Waals surface area contributed by atoms with Gasteiger partial charge in [0.2, 0.25) is 0 Å². The molecule has 4 rings (SSSR count). The van der Waals surface area contributed by atoms with Gasteiger partial charge >= 0.3 is 0 Å². The summed E-state index contributed by atoms with van der Waals surface area (Å²) in [5, 5.41) is 0.437. The standard InChI is InChI=1S/C22H15ClN2/c23-21-15-20(24-22(25-21)17-11-5-2-6-12-17)19-14-8-7-13-18(19)16-9-3-1-4-10-16/h1-15H. The molecule has 0 atom stereocenters. The second kappa shape index (κ2) is 6.88. The normalized spacial score (nSPS) is 10.6. The summed E-state index contributed by atoms with van der Waals surface area (Å²) in [7, 11) is 0. The third-order valence-corrected chi connectivity index (χ3v) is 4.21. The molecule has 3 aromatic carbocycles. The number of aromatic nitrogens is 2. The Hall–Kier alpha value is -2.97. The molecule has 120 valence electrons. The Labute approximate surface area is 151 Å². The molecule has 1 aromatic heterocycles. The fraction of sp³-hybridized carbons (Fsp3) is 0. The quantitative estimate of drug-likeness (QED) is 0.418. The molecular formula is C22H15ClN2. The van der Waals surface area contributed by atoms with Crippen molar-refractivity contribution in [3.05, 3.63) is 96.1 Å². The summed E-state index contributed by atoms with van der Waals surface area (Å²) >= 11 is 6.30. The third-order valence-electron chi connectivity index (χ3n) is 4.01. The summed E-state index contributed by atoms with van der Waals surface area (Å²) in [4.78, 5) is 9.15. The zero-order chi connectivity index (χ0) is 17.1. The van der Waals surface area contributed by atoms with Crippen LogP contribution in [-0.4, -0.2) is 9.97 Å². The lowest BCUT2D eigenvalue weighted by molar-refractivity contribution is 1.18. The van der Waals surface area contributed by atoms with Crippen molar-refractivity contribution in [1.29, 1.82) is 0 Å². The summed E-state index contributed by atoms with van der Waals surface area (Å²) in [6, 6.07) is 30.2. The average molecular weight is 343 g/mol. The second-order valence-electron chi connectivity index (χ2n) is 5.68. The zero-order valence-corrected chi connectivity index (χ0v) is 14.2. The minimum absolute atomic E-state index is 0.437. The lowest BCUT2D eigenvalue weighted by Gasteiger charge is -2.11. The van der Waals surface area contributed by atoms with Crippen molar-refractivity contribution in [2.24, 2.45) is 0 Å². The molecular weight excluding hydrogens is 328 g/mol. The molecule has 0 bridgehead atoms. The maximum Gasteiger partial charge on any atom is 0.161 e. The van der Waals surface area contributed by atoms with E-state index in [0.29, 0.717) is 11.0 Å². The highest BCUT2D eigenvalue weighted by atomic mass is 35.5. The Balaban J connectivity index is 1.88. The van der Waals surface area contributed by atoms with Crippen molar-refractivity contribution in [2.45, 2.75) is 0 Å². The Morgan fingerprint density at radius 2 is 1.12 bits per heavy atom. The van der Waals surface area contributed by atoms with Gasteiger partial charge in [-0.3, -0.25) is 0 Å². The van der Waals surface area contributed by atoms with Gasteiger partial charge in [0.1, 0.15) is 5.15 Å². The van der Waals surface area contributed by atoms with Gasteiger partial charge in [-0.15, -0.1) is 0 Å². The topological polar surface area (TPSA) is 25.8 Å². The van der Waals surface area contributed by atoms with E-state index in [1.165, 1.54) is 0 Å². The number of nitrogens with zero attached hydrogens (tertiary/aromatic N) is 2. The van der Waals surface area contributed by atoms with Crippen LogP contribution in [0.4, 0.5) is 0 Å². The van der Waals surface area contributed by atoms with E-state index in [9.17, 15) is 0 Å². The first-order valence-electron chi connectivity index (χ1n) is 8.06. The Kier molecular flexibility index (Phi) is 4.28. The van der Waals surface area contributed by atoms with E-state index in [1.54, 1.807) is 0 Å². The highest BCUT2D eigenvalue weighted by Crippen LogP contribution is 2.32. The van der Waals surface area contributed by atoms with E-state index in [2.05, 4.69) is 29.2 Å². The van der Waals surface area contributed by atoms with E-state index in [-0.39, 0.29) is 0 Å². The van der Waals surface area contributed by atoms with Crippen LogP contribution in [0.5, 0.6) is 0 Å². The van der Waals surface area contributed by atoms with Crippen LogP contribution < -0.4 is 0 Å². The molecule has 3 heteroatoms. The van der Waals surface area contributed by atoms with Gasteiger partial charge < -0.3 is 0 Å². The summed E-state index contributed by atoms with van der Waals surface area (Å²) < 4.78 is 0. The lowest BCUT2D eigenvalue weighted by Crippen LogP contribution is -1.94. The van der Waals surface area contributed by atoms with E-state index >= 15 is 0 Å². The van der Waals surface area contributed by atoms with Crippen molar-refractivity contribution in [1.82, 2.24) is 9.97 Å². The van der Waals surface area contributed by atoms with Crippen LogP contribution in [0.2, 0.25) is 5.15 Å². The van der Waals surface area contributed by atoms with E-state index in [0.717, 1.165) is 27.9 Å². The van der Waals surface area contributed by atoms with Crippen molar-refractivity contribution >= 4 is 11.6 Å². The molecule has 0 fully saturated rings. The van der Waals surface area contributed by atoms with Crippen LogP contribution in [0, 0.1) is 0 Å². The summed E-state index contributed by atoms with van der Waals surface area (Å²) in [6.45, 7) is 0. The average Bonchev–Trinajstić information content (AvgIpc) is 2.69. The third kappa shape index (κ3) is 3.30. The SMILES string of the molecule is Clc1cc(-c2ccccc2-c2ccccc2)nc(-c2ccccc2)n1. The number of halogens is 1. The number of hydrogen-bond acceptors (Lipinski definition) is 2. The Morgan fingerprint density at radius 1 is 0.560 bits per heavy atom.